The maximum Gasteiger partial charge on any atom is 0.289 e. The Morgan fingerprint density at radius 2 is 1.93 bits per heavy atom. The third-order valence-corrected chi connectivity index (χ3v) is 3.78. The van der Waals surface area contributed by atoms with E-state index in [4.69, 9.17) is 4.43 Å². The minimum atomic E-state index is -1.91. The number of anilines is 1. The molecule has 0 heterocycles. The summed E-state index contributed by atoms with van der Waals surface area (Å²) >= 11 is 0. The van der Waals surface area contributed by atoms with Crippen LogP contribution in [0.2, 0.25) is 13.1 Å². The maximum absolute atomic E-state index is 10.9. The number of para-hydroxylation sites is 1. The van der Waals surface area contributed by atoms with Crippen LogP contribution in [-0.2, 0) is 9.22 Å². The fraction of sp³-hybridized carbons (Fsp3) is 0.364. The average Bonchev–Trinajstić information content (AvgIpc) is 2.15. The third-order valence-electron chi connectivity index (χ3n) is 1.91. The van der Waals surface area contributed by atoms with Crippen molar-refractivity contribution in [2.75, 3.05) is 11.5 Å². The van der Waals surface area contributed by atoms with Crippen molar-refractivity contribution in [3.8, 4) is 0 Å². The molecule has 0 aliphatic rings. The van der Waals surface area contributed by atoms with Crippen LogP contribution in [0.4, 0.5) is 5.69 Å². The van der Waals surface area contributed by atoms with E-state index in [-0.39, 0.29) is 5.97 Å². The molecule has 0 fully saturated rings. The molecule has 1 aromatic carbocycles. The second kappa shape index (κ2) is 4.98. The summed E-state index contributed by atoms with van der Waals surface area (Å²) in [5.74, 6) is -0.193. The van der Waals surface area contributed by atoms with E-state index in [1.807, 2.05) is 43.4 Å². The molecular weight excluding hydrogens is 206 g/mol. The van der Waals surface area contributed by atoms with Crippen LogP contribution in [0.1, 0.15) is 6.92 Å². The highest BCUT2D eigenvalue weighted by molar-refractivity contribution is 6.73. The van der Waals surface area contributed by atoms with Gasteiger partial charge in [-0.05, 0) is 25.2 Å². The highest BCUT2D eigenvalue weighted by atomic mass is 28.4. The summed E-state index contributed by atoms with van der Waals surface area (Å²) < 4.78 is 5.30. The summed E-state index contributed by atoms with van der Waals surface area (Å²) in [4.78, 5) is 10.9. The zero-order chi connectivity index (χ0) is 11.3. The topological polar surface area (TPSA) is 38.3 Å². The number of carbonyl (C=O) groups excluding carboxylic acids is 1. The number of hydrogen-bond donors (Lipinski definition) is 1. The lowest BCUT2D eigenvalue weighted by Crippen LogP contribution is -2.40. The van der Waals surface area contributed by atoms with E-state index >= 15 is 0 Å². The molecule has 3 nitrogen and oxygen atoms in total. The van der Waals surface area contributed by atoms with Gasteiger partial charge >= 0.3 is 0 Å². The first kappa shape index (κ1) is 11.8. The van der Waals surface area contributed by atoms with Crippen LogP contribution in [0.25, 0.3) is 0 Å². The van der Waals surface area contributed by atoms with Gasteiger partial charge in [0.25, 0.3) is 14.3 Å². The van der Waals surface area contributed by atoms with E-state index in [2.05, 4.69) is 5.32 Å². The second-order valence-electron chi connectivity index (χ2n) is 4.07. The molecule has 0 aliphatic heterocycles. The summed E-state index contributed by atoms with van der Waals surface area (Å²) in [5.41, 5.74) is 1.06. The quantitative estimate of drug-likeness (QED) is 0.797. The first-order valence-electron chi connectivity index (χ1n) is 4.98. The number of hydrogen-bond acceptors (Lipinski definition) is 3. The van der Waals surface area contributed by atoms with Crippen molar-refractivity contribution in [3.05, 3.63) is 30.3 Å². The predicted octanol–water partition coefficient (Wildman–Crippen LogP) is 2.41. The van der Waals surface area contributed by atoms with Gasteiger partial charge in [0, 0.05) is 18.8 Å². The summed E-state index contributed by atoms with van der Waals surface area (Å²) in [6.45, 7) is 5.49. The largest absolute Gasteiger partial charge is 0.518 e. The number of carbonyl (C=O) groups is 1. The molecule has 1 N–H and O–H groups in total. The molecule has 0 amide bonds. The van der Waals surface area contributed by atoms with Gasteiger partial charge in [-0.1, -0.05) is 18.2 Å². The van der Waals surface area contributed by atoms with Crippen molar-refractivity contribution in [2.24, 2.45) is 0 Å². The molecule has 1 rings (SSSR count). The molecule has 0 radical (unpaired) electrons. The fourth-order valence-electron chi connectivity index (χ4n) is 1.30. The van der Waals surface area contributed by atoms with Gasteiger partial charge in [0.2, 0.25) is 0 Å². The van der Waals surface area contributed by atoms with Crippen molar-refractivity contribution in [1.82, 2.24) is 0 Å². The van der Waals surface area contributed by atoms with Gasteiger partial charge in [0.15, 0.2) is 0 Å². The lowest BCUT2D eigenvalue weighted by atomic mass is 10.3. The normalized spacial score (nSPS) is 10.9. The van der Waals surface area contributed by atoms with E-state index in [9.17, 15) is 4.79 Å². The average molecular weight is 223 g/mol. The van der Waals surface area contributed by atoms with Crippen LogP contribution >= 0.6 is 0 Å². The molecule has 0 aromatic heterocycles. The fourth-order valence-corrected chi connectivity index (χ4v) is 2.78. The van der Waals surface area contributed by atoms with Gasteiger partial charge < -0.3 is 9.74 Å². The Bertz CT molecular complexity index is 325. The summed E-state index contributed by atoms with van der Waals surface area (Å²) in [7, 11) is -1.91. The molecule has 0 saturated heterocycles. The number of benzene rings is 1. The molecular formula is C11H17NO2Si. The zero-order valence-electron chi connectivity index (χ0n) is 9.41. The Morgan fingerprint density at radius 3 is 2.47 bits per heavy atom. The molecule has 4 heteroatoms. The zero-order valence-corrected chi connectivity index (χ0v) is 10.4. The maximum atomic E-state index is 10.9. The SMILES string of the molecule is CC(=O)O[Si](C)(C)CNc1ccccc1. The van der Waals surface area contributed by atoms with E-state index < -0.39 is 8.32 Å². The van der Waals surface area contributed by atoms with Crippen LogP contribution in [0.5, 0.6) is 0 Å². The van der Waals surface area contributed by atoms with Gasteiger partial charge in [-0.15, -0.1) is 0 Å². The molecule has 0 bridgehead atoms. The third kappa shape index (κ3) is 4.65. The van der Waals surface area contributed by atoms with Crippen LogP contribution < -0.4 is 5.32 Å². The van der Waals surface area contributed by atoms with E-state index in [1.54, 1.807) is 0 Å². The minimum Gasteiger partial charge on any atom is -0.518 e. The van der Waals surface area contributed by atoms with E-state index in [0.29, 0.717) is 0 Å². The molecule has 15 heavy (non-hydrogen) atoms. The lowest BCUT2D eigenvalue weighted by molar-refractivity contribution is -0.132. The molecule has 1 aromatic rings. The van der Waals surface area contributed by atoms with Crippen LogP contribution in [-0.4, -0.2) is 20.5 Å². The van der Waals surface area contributed by atoms with Gasteiger partial charge in [-0.3, -0.25) is 4.79 Å². The predicted molar refractivity (Wildman–Crippen MR) is 64.2 cm³/mol. The summed E-state index contributed by atoms with van der Waals surface area (Å²) in [5, 5.41) is 3.27. The summed E-state index contributed by atoms with van der Waals surface area (Å²) in [6, 6.07) is 9.92. The monoisotopic (exact) mass is 223 g/mol. The Balaban J connectivity index is 2.46. The highest BCUT2D eigenvalue weighted by Gasteiger charge is 2.25. The minimum absolute atomic E-state index is 0.193. The van der Waals surface area contributed by atoms with Crippen LogP contribution in [0.3, 0.4) is 0 Å². The van der Waals surface area contributed by atoms with Crippen molar-refractivity contribution in [3.63, 3.8) is 0 Å². The van der Waals surface area contributed by atoms with E-state index in [0.717, 1.165) is 11.9 Å². The van der Waals surface area contributed by atoms with Gasteiger partial charge in [0.05, 0.1) is 0 Å². The standard InChI is InChI=1S/C11H17NO2Si/c1-10(13)14-15(2,3)9-12-11-7-5-4-6-8-11/h4-8,12H,9H2,1-3H3. The van der Waals surface area contributed by atoms with Crippen LogP contribution in [0, 0.1) is 0 Å². The van der Waals surface area contributed by atoms with Crippen LogP contribution in [0.15, 0.2) is 30.3 Å². The molecule has 0 atom stereocenters. The Hall–Kier alpha value is -1.29. The van der Waals surface area contributed by atoms with E-state index in [1.165, 1.54) is 6.92 Å². The molecule has 82 valence electrons. The van der Waals surface area contributed by atoms with Crippen molar-refractivity contribution in [1.29, 1.82) is 0 Å². The van der Waals surface area contributed by atoms with Gasteiger partial charge in [-0.25, -0.2) is 0 Å². The van der Waals surface area contributed by atoms with Crippen molar-refractivity contribution < 1.29 is 9.22 Å². The molecule has 0 saturated carbocycles. The second-order valence-corrected chi connectivity index (χ2v) is 8.15. The lowest BCUT2D eigenvalue weighted by Gasteiger charge is -2.22. The highest BCUT2D eigenvalue weighted by Crippen LogP contribution is 2.09. The Labute approximate surface area is 91.6 Å². The number of rotatable bonds is 4. The Kier molecular flexibility index (Phi) is 3.91. The van der Waals surface area contributed by atoms with Gasteiger partial charge in [0.1, 0.15) is 0 Å². The molecule has 0 unspecified atom stereocenters. The van der Waals surface area contributed by atoms with Crippen molar-refractivity contribution in [2.45, 2.75) is 20.0 Å². The molecule has 0 aliphatic carbocycles. The Morgan fingerprint density at radius 1 is 1.33 bits per heavy atom. The molecule has 0 spiro atoms. The first-order valence-corrected chi connectivity index (χ1v) is 8.10. The smallest absolute Gasteiger partial charge is 0.289 e. The van der Waals surface area contributed by atoms with Gasteiger partial charge in [-0.2, -0.15) is 0 Å². The van der Waals surface area contributed by atoms with Crippen molar-refractivity contribution >= 4 is 20.0 Å². The number of nitrogens with one attached hydrogen (secondary N) is 1. The summed E-state index contributed by atoms with van der Waals surface area (Å²) in [6.07, 6.45) is 0.733. The first-order chi connectivity index (χ1) is 6.99.